The summed E-state index contributed by atoms with van der Waals surface area (Å²) in [6, 6.07) is 6.40. The number of benzene rings is 2. The fraction of sp³-hybridized carbons (Fsp3) is 0.725. The summed E-state index contributed by atoms with van der Waals surface area (Å²) in [5.41, 5.74) is -1.28. The van der Waals surface area contributed by atoms with Crippen molar-refractivity contribution in [2.45, 2.75) is 169 Å². The Hall–Kier alpha value is -5.95. The van der Waals surface area contributed by atoms with Crippen LogP contribution in [0.4, 0.5) is 17.6 Å². The van der Waals surface area contributed by atoms with Gasteiger partial charge in [0.2, 0.25) is 29.2 Å². The number of ether oxygens (including phenoxy) is 11. The lowest BCUT2D eigenvalue weighted by Gasteiger charge is -2.39. The van der Waals surface area contributed by atoms with Gasteiger partial charge in [0.25, 0.3) is 0 Å². The lowest BCUT2D eigenvalue weighted by atomic mass is 9.99. The smallest absolute Gasteiger partial charge is 0.320 e. The summed E-state index contributed by atoms with van der Waals surface area (Å²) in [5, 5.41) is 5.60. The molecule has 1 aliphatic heterocycles. The molecular weight excluding hydrogens is 1280 g/mol. The number of carbonyl (C=O) groups excluding carboxylic acids is 7. The van der Waals surface area contributed by atoms with Crippen molar-refractivity contribution in [3.05, 3.63) is 64.7 Å². The van der Waals surface area contributed by atoms with Crippen molar-refractivity contribution in [3.8, 4) is 5.75 Å². The van der Waals surface area contributed by atoms with Crippen LogP contribution in [0.2, 0.25) is 0 Å². The average Bonchev–Trinajstić information content (AvgIpc) is 0.850. The molecule has 2 atom stereocenters. The van der Waals surface area contributed by atoms with Gasteiger partial charge in [-0.05, 0) is 133 Å². The molecule has 2 aromatic carbocycles. The Morgan fingerprint density at radius 2 is 0.897 bits per heavy atom. The molecule has 1 fully saturated rings. The Kier molecular flexibility index (Phi) is 38.9. The third-order valence-corrected chi connectivity index (χ3v) is 14.1. The Bertz CT molecular complexity index is 2680. The minimum absolute atomic E-state index is 0.00681. The van der Waals surface area contributed by atoms with Crippen LogP contribution in [0.3, 0.4) is 0 Å². The lowest BCUT2D eigenvalue weighted by molar-refractivity contribution is -0.160. The number of unbranched alkanes of at least 4 members (excludes halogenated alkanes) is 1. The van der Waals surface area contributed by atoms with E-state index in [4.69, 9.17) is 47.4 Å². The molecule has 2 aromatic rings. The van der Waals surface area contributed by atoms with Crippen LogP contribution >= 0.6 is 0 Å². The summed E-state index contributed by atoms with van der Waals surface area (Å²) in [6.07, 6.45) is 0.974. The first-order valence-electron chi connectivity index (χ1n) is 33.4. The van der Waals surface area contributed by atoms with Crippen molar-refractivity contribution in [1.29, 1.82) is 0 Å². The van der Waals surface area contributed by atoms with Crippen LogP contribution in [0.5, 0.6) is 5.75 Å². The lowest BCUT2D eigenvalue weighted by Crippen LogP contribution is -2.54. The van der Waals surface area contributed by atoms with E-state index in [0.717, 1.165) is 11.1 Å². The maximum Gasteiger partial charge on any atom is 0.320 e. The number of amides is 2. The van der Waals surface area contributed by atoms with Gasteiger partial charge in [0.1, 0.15) is 28.4 Å². The van der Waals surface area contributed by atoms with Gasteiger partial charge in [0.15, 0.2) is 11.6 Å². The second-order valence-corrected chi connectivity index (χ2v) is 27.6. The first-order chi connectivity index (χ1) is 45.6. The predicted molar refractivity (Wildman–Crippen MR) is 352 cm³/mol. The van der Waals surface area contributed by atoms with Crippen LogP contribution in [-0.4, -0.2) is 254 Å². The van der Waals surface area contributed by atoms with Crippen molar-refractivity contribution >= 4 is 41.7 Å². The zero-order chi connectivity index (χ0) is 72.2. The van der Waals surface area contributed by atoms with Gasteiger partial charge in [-0.1, -0.05) is 24.3 Å². The monoisotopic (exact) mass is 1390 g/mol. The Balaban J connectivity index is 1.82. The molecule has 97 heavy (non-hydrogen) atoms. The molecule has 552 valence electrons. The molecule has 1 heterocycles. The van der Waals surface area contributed by atoms with Gasteiger partial charge in [-0.3, -0.25) is 53.2 Å². The van der Waals surface area contributed by atoms with E-state index in [1.807, 2.05) is 43.9 Å². The van der Waals surface area contributed by atoms with E-state index in [1.54, 1.807) is 90.2 Å². The van der Waals surface area contributed by atoms with E-state index < -0.39 is 112 Å². The van der Waals surface area contributed by atoms with Gasteiger partial charge >= 0.3 is 29.8 Å². The largest absolute Gasteiger partial charge is 0.459 e. The molecule has 0 aliphatic carbocycles. The third-order valence-electron chi connectivity index (χ3n) is 14.1. The molecule has 1 unspecified atom stereocenters. The molecule has 0 bridgehead atoms. The number of nitrogens with zero attached hydrogens (tertiary/aromatic N) is 4. The van der Waals surface area contributed by atoms with Gasteiger partial charge in [0, 0.05) is 84.4 Å². The van der Waals surface area contributed by atoms with Crippen LogP contribution < -0.4 is 15.4 Å². The van der Waals surface area contributed by atoms with Gasteiger partial charge in [-0.25, -0.2) is 8.78 Å². The maximum atomic E-state index is 14.1. The maximum absolute atomic E-state index is 14.1. The minimum Gasteiger partial charge on any atom is -0.459 e. The van der Waals surface area contributed by atoms with E-state index in [-0.39, 0.29) is 97.4 Å². The Morgan fingerprint density at radius 3 is 1.36 bits per heavy atom. The quantitative estimate of drug-likeness (QED) is 0.0179. The summed E-state index contributed by atoms with van der Waals surface area (Å²) < 4.78 is 116. The van der Waals surface area contributed by atoms with Crippen LogP contribution in [0.15, 0.2) is 30.3 Å². The van der Waals surface area contributed by atoms with E-state index in [0.29, 0.717) is 105 Å². The molecule has 0 aromatic heterocycles. The Morgan fingerprint density at radius 1 is 0.495 bits per heavy atom. The Labute approximate surface area is 570 Å². The summed E-state index contributed by atoms with van der Waals surface area (Å²) >= 11 is 0. The standard InChI is InChI=1S/C69H110F4N6O18/c1-66(2,3)94-58(82)46-76-26-27-77(47-59(83)95-67(4,5)6)30-31-79(49-61(85)97-69(10,11)12)52(45-78(29-28-76)48-60(84)96-68(7,8)9)43-51-23-21-50(22-24-51)17-16-18-55(75-56(80)19-14-15-20-57(81)93-64-62(72)53(70)44-54(71)63(64)73)65(86)74-25-32-88-35-36-90-39-40-92-42-41-91-38-37-89-34-33-87-13/h21-24,44,52,55H,14-20,25-43,45-49H2,1-13H3,(H,74,86)(H,75,80)/t52?,55-/m0/s1. The number of methoxy groups -OCH3 is 1. The van der Waals surface area contributed by atoms with Crippen molar-refractivity contribution in [2.75, 3.05) is 158 Å². The molecule has 0 radical (unpaired) electrons. The first kappa shape index (κ1) is 85.3. The normalized spacial score (nSPS) is 15.6. The molecule has 28 heteroatoms. The molecule has 24 nitrogen and oxygen atoms in total. The topological polar surface area (TPSA) is 258 Å². The zero-order valence-corrected chi connectivity index (χ0v) is 59.6. The summed E-state index contributed by atoms with van der Waals surface area (Å²) in [4.78, 5) is 102. The molecule has 3 rings (SSSR count). The number of esters is 5. The number of carbonyl (C=O) groups is 7. The molecule has 0 spiro atoms. The van der Waals surface area contributed by atoms with Gasteiger partial charge in [-0.15, -0.1) is 0 Å². The van der Waals surface area contributed by atoms with Gasteiger partial charge in [0.05, 0.1) is 98.9 Å². The molecule has 1 saturated heterocycles. The van der Waals surface area contributed by atoms with Crippen LogP contribution in [0.25, 0.3) is 0 Å². The highest BCUT2D eigenvalue weighted by Crippen LogP contribution is 2.27. The molecule has 2 amide bonds. The number of nitrogens with one attached hydrogen (secondary N) is 2. The summed E-state index contributed by atoms with van der Waals surface area (Å²) in [7, 11) is 1.60. The number of rotatable bonds is 40. The first-order valence-corrected chi connectivity index (χ1v) is 33.4. The fourth-order valence-corrected chi connectivity index (χ4v) is 9.83. The second-order valence-electron chi connectivity index (χ2n) is 27.6. The number of hydrogen-bond acceptors (Lipinski definition) is 22. The summed E-state index contributed by atoms with van der Waals surface area (Å²) in [6.45, 7) is 27.5. The minimum atomic E-state index is -1.87. The highest BCUT2D eigenvalue weighted by Gasteiger charge is 2.32. The number of hydrogen-bond donors (Lipinski definition) is 2. The van der Waals surface area contributed by atoms with Crippen LogP contribution in [0.1, 0.15) is 133 Å². The van der Waals surface area contributed by atoms with Crippen molar-refractivity contribution in [3.63, 3.8) is 0 Å². The second kappa shape index (κ2) is 44.2. The average molecular weight is 1390 g/mol. The van der Waals surface area contributed by atoms with E-state index >= 15 is 0 Å². The fourth-order valence-electron chi connectivity index (χ4n) is 9.83. The molecule has 2 N–H and O–H groups in total. The summed E-state index contributed by atoms with van der Waals surface area (Å²) in [5.74, 6) is -12.7. The zero-order valence-electron chi connectivity index (χ0n) is 59.6. The van der Waals surface area contributed by atoms with Crippen molar-refractivity contribution < 1.29 is 103 Å². The highest BCUT2D eigenvalue weighted by atomic mass is 19.2. The van der Waals surface area contributed by atoms with Crippen molar-refractivity contribution in [2.24, 2.45) is 0 Å². The predicted octanol–water partition coefficient (Wildman–Crippen LogP) is 6.56. The van der Waals surface area contributed by atoms with Gasteiger partial charge in [-0.2, -0.15) is 8.78 Å². The van der Waals surface area contributed by atoms with E-state index in [9.17, 15) is 51.1 Å². The van der Waals surface area contributed by atoms with Crippen LogP contribution in [-0.2, 0) is 93.8 Å². The van der Waals surface area contributed by atoms with E-state index in [2.05, 4.69) is 15.4 Å². The molecular formula is C69H110F4N6O18. The third kappa shape index (κ3) is 40.0. The number of halogens is 4. The van der Waals surface area contributed by atoms with Gasteiger partial charge < -0.3 is 62.7 Å². The highest BCUT2D eigenvalue weighted by molar-refractivity contribution is 5.87. The van der Waals surface area contributed by atoms with Crippen LogP contribution in [0, 0.1) is 23.3 Å². The van der Waals surface area contributed by atoms with E-state index in [1.165, 1.54) is 0 Å². The number of aryl methyl sites for hydroxylation is 1. The molecule has 1 aliphatic rings. The molecule has 0 saturated carbocycles. The SMILES string of the molecule is COCCOCCOCCOCCOCCOCCNC(=O)[C@H](CCCc1ccc(CC2CN(CC(=O)OC(C)(C)C)CCN(CC(=O)OC(C)(C)C)CCN(CC(=O)OC(C)(C)C)CCN2CC(=O)OC(C)(C)C)cc1)NC(=O)CCCCC(=O)Oc1c(F)c(F)cc(F)c1F. The van der Waals surface area contributed by atoms with Crippen molar-refractivity contribution in [1.82, 2.24) is 30.2 Å².